The Balaban J connectivity index is 2.09. The van der Waals surface area contributed by atoms with Gasteiger partial charge in [0.15, 0.2) is 6.61 Å². The molecule has 0 heterocycles. The molecule has 0 saturated heterocycles. The van der Waals surface area contributed by atoms with Crippen LogP contribution >= 0.6 is 11.6 Å². The molecule has 148 valence electrons. The Morgan fingerprint density at radius 3 is 2.50 bits per heavy atom. The lowest BCUT2D eigenvalue weighted by Crippen LogP contribution is -2.22. The number of carbonyl (C=O) groups is 2. The fourth-order valence-corrected chi connectivity index (χ4v) is 2.24. The molecule has 3 N–H and O–H groups in total. The molecular formula is C16H11ClF3N3O5. The van der Waals surface area contributed by atoms with E-state index in [-0.39, 0.29) is 22.3 Å². The van der Waals surface area contributed by atoms with Crippen LogP contribution in [-0.2, 0) is 15.7 Å². The molecule has 0 aliphatic carbocycles. The highest BCUT2D eigenvalue weighted by atomic mass is 35.5. The average molecular weight is 418 g/mol. The van der Waals surface area contributed by atoms with Gasteiger partial charge in [-0.3, -0.25) is 14.9 Å². The molecule has 0 aliphatic rings. The Bertz CT molecular complexity index is 950. The quantitative estimate of drug-likeness (QED) is 0.331. The Labute approximate surface area is 160 Å². The normalized spacial score (nSPS) is 11.0. The van der Waals surface area contributed by atoms with E-state index in [9.17, 15) is 32.9 Å². The van der Waals surface area contributed by atoms with Gasteiger partial charge in [0.1, 0.15) is 5.69 Å². The summed E-state index contributed by atoms with van der Waals surface area (Å²) in [5.41, 5.74) is 2.85. The maximum atomic E-state index is 12.7. The zero-order valence-corrected chi connectivity index (χ0v) is 14.5. The van der Waals surface area contributed by atoms with Crippen molar-refractivity contribution in [3.63, 3.8) is 0 Å². The fraction of sp³-hybridized carbons (Fsp3) is 0.125. The summed E-state index contributed by atoms with van der Waals surface area (Å²) >= 11 is 5.74. The van der Waals surface area contributed by atoms with Crippen LogP contribution < -0.4 is 11.1 Å². The fourth-order valence-electron chi connectivity index (χ4n) is 2.07. The van der Waals surface area contributed by atoms with Gasteiger partial charge in [0.25, 0.3) is 11.6 Å². The molecule has 0 aliphatic heterocycles. The lowest BCUT2D eigenvalue weighted by molar-refractivity contribution is -0.384. The lowest BCUT2D eigenvalue weighted by Gasteiger charge is -2.10. The first-order valence-corrected chi connectivity index (χ1v) is 7.74. The van der Waals surface area contributed by atoms with E-state index in [1.54, 1.807) is 0 Å². The molecule has 0 bridgehead atoms. The maximum absolute atomic E-state index is 12.7. The van der Waals surface area contributed by atoms with E-state index in [4.69, 9.17) is 22.1 Å². The van der Waals surface area contributed by atoms with Crippen molar-refractivity contribution in [2.75, 3.05) is 17.7 Å². The predicted molar refractivity (Wildman–Crippen MR) is 92.9 cm³/mol. The van der Waals surface area contributed by atoms with Crippen LogP contribution in [-0.4, -0.2) is 23.4 Å². The first-order valence-electron chi connectivity index (χ1n) is 7.36. The Hall–Kier alpha value is -3.34. The van der Waals surface area contributed by atoms with E-state index in [1.807, 2.05) is 5.32 Å². The SMILES string of the molecule is Nc1ccc(Cl)cc1C(=O)OCC(=O)Nc1ccc(C(F)(F)F)cc1[N+](=O)[O-]. The predicted octanol–water partition coefficient (Wildman–Crippen LogP) is 3.64. The van der Waals surface area contributed by atoms with E-state index < -0.39 is 46.5 Å². The number of nitro benzene ring substituents is 1. The first kappa shape index (κ1) is 21.0. The monoisotopic (exact) mass is 417 g/mol. The Morgan fingerprint density at radius 2 is 1.89 bits per heavy atom. The summed E-state index contributed by atoms with van der Waals surface area (Å²) < 4.78 is 42.7. The summed E-state index contributed by atoms with van der Waals surface area (Å²) in [6.07, 6.45) is -4.79. The molecule has 0 fully saturated rings. The molecular weight excluding hydrogens is 407 g/mol. The van der Waals surface area contributed by atoms with Crippen LogP contribution in [0.3, 0.4) is 0 Å². The number of nitrogens with two attached hydrogens (primary N) is 1. The second-order valence-corrected chi connectivity index (χ2v) is 5.78. The van der Waals surface area contributed by atoms with Crippen LogP contribution in [0.15, 0.2) is 36.4 Å². The molecule has 0 spiro atoms. The third kappa shape index (κ3) is 5.10. The summed E-state index contributed by atoms with van der Waals surface area (Å²) in [4.78, 5) is 33.7. The number of nitrogens with one attached hydrogen (secondary N) is 1. The number of anilines is 2. The number of halogens is 4. The topological polar surface area (TPSA) is 125 Å². The van der Waals surface area contributed by atoms with Crippen LogP contribution in [0.5, 0.6) is 0 Å². The van der Waals surface area contributed by atoms with Crippen molar-refractivity contribution in [2.24, 2.45) is 0 Å². The summed E-state index contributed by atoms with van der Waals surface area (Å²) in [6, 6.07) is 5.59. The van der Waals surface area contributed by atoms with E-state index in [0.29, 0.717) is 6.07 Å². The first-order chi connectivity index (χ1) is 13.0. The van der Waals surface area contributed by atoms with Crippen LogP contribution in [0.25, 0.3) is 0 Å². The minimum Gasteiger partial charge on any atom is -0.452 e. The summed E-state index contributed by atoms with van der Waals surface area (Å²) in [5.74, 6) is -1.98. The van der Waals surface area contributed by atoms with Crippen molar-refractivity contribution in [1.82, 2.24) is 0 Å². The molecule has 0 atom stereocenters. The van der Waals surface area contributed by atoms with Crippen LogP contribution in [0.4, 0.5) is 30.2 Å². The number of nitrogen functional groups attached to an aromatic ring is 1. The molecule has 12 heteroatoms. The lowest BCUT2D eigenvalue weighted by atomic mass is 10.1. The van der Waals surface area contributed by atoms with Gasteiger partial charge in [-0.25, -0.2) is 4.79 Å². The second kappa shape index (κ2) is 8.13. The maximum Gasteiger partial charge on any atom is 0.416 e. The Morgan fingerprint density at radius 1 is 1.21 bits per heavy atom. The number of hydrogen-bond acceptors (Lipinski definition) is 6. The second-order valence-electron chi connectivity index (χ2n) is 5.34. The van der Waals surface area contributed by atoms with E-state index in [2.05, 4.69) is 0 Å². The number of ether oxygens (including phenoxy) is 1. The van der Waals surface area contributed by atoms with Crippen molar-refractivity contribution in [3.05, 3.63) is 62.7 Å². The average Bonchev–Trinajstić information content (AvgIpc) is 2.60. The summed E-state index contributed by atoms with van der Waals surface area (Å²) in [5, 5.41) is 13.2. The highest BCUT2D eigenvalue weighted by Crippen LogP contribution is 2.34. The summed E-state index contributed by atoms with van der Waals surface area (Å²) in [7, 11) is 0. The van der Waals surface area contributed by atoms with Gasteiger partial charge in [0, 0.05) is 16.8 Å². The van der Waals surface area contributed by atoms with Gasteiger partial charge in [-0.05, 0) is 30.3 Å². The molecule has 8 nitrogen and oxygen atoms in total. The number of benzene rings is 2. The molecule has 28 heavy (non-hydrogen) atoms. The molecule has 0 unspecified atom stereocenters. The minimum absolute atomic E-state index is 0.0492. The Kier molecular flexibility index (Phi) is 6.09. The van der Waals surface area contributed by atoms with Gasteiger partial charge >= 0.3 is 12.1 Å². The van der Waals surface area contributed by atoms with Gasteiger partial charge in [0.2, 0.25) is 0 Å². The smallest absolute Gasteiger partial charge is 0.416 e. The number of rotatable bonds is 5. The number of hydrogen-bond donors (Lipinski definition) is 2. The van der Waals surface area contributed by atoms with Crippen molar-refractivity contribution in [1.29, 1.82) is 0 Å². The molecule has 2 aromatic rings. The van der Waals surface area contributed by atoms with Gasteiger partial charge in [-0.1, -0.05) is 11.6 Å². The van der Waals surface area contributed by atoms with Gasteiger partial charge in [0.05, 0.1) is 16.1 Å². The van der Waals surface area contributed by atoms with Crippen LogP contribution in [0, 0.1) is 10.1 Å². The number of alkyl halides is 3. The zero-order valence-electron chi connectivity index (χ0n) is 13.7. The number of nitrogens with zero attached hydrogens (tertiary/aromatic N) is 1. The van der Waals surface area contributed by atoms with Crippen molar-refractivity contribution in [3.8, 4) is 0 Å². The van der Waals surface area contributed by atoms with Crippen molar-refractivity contribution < 1.29 is 32.4 Å². The highest BCUT2D eigenvalue weighted by Gasteiger charge is 2.33. The number of carbonyl (C=O) groups excluding carboxylic acids is 2. The number of esters is 1. The standard InChI is InChI=1S/C16H11ClF3N3O5/c17-9-2-3-11(21)10(6-9)15(25)28-7-14(24)22-12-4-1-8(16(18,19)20)5-13(12)23(26)27/h1-6H,7,21H2,(H,22,24). The third-order valence-electron chi connectivity index (χ3n) is 3.37. The van der Waals surface area contributed by atoms with E-state index >= 15 is 0 Å². The molecule has 2 rings (SSSR count). The van der Waals surface area contributed by atoms with Crippen LogP contribution in [0.2, 0.25) is 5.02 Å². The molecule has 2 aromatic carbocycles. The third-order valence-corrected chi connectivity index (χ3v) is 3.60. The number of amides is 1. The molecule has 0 radical (unpaired) electrons. The van der Waals surface area contributed by atoms with Crippen molar-refractivity contribution in [2.45, 2.75) is 6.18 Å². The largest absolute Gasteiger partial charge is 0.452 e. The summed E-state index contributed by atoms with van der Waals surface area (Å²) in [6.45, 7) is -0.858. The van der Waals surface area contributed by atoms with E-state index in [1.165, 1.54) is 18.2 Å². The van der Waals surface area contributed by atoms with E-state index in [0.717, 1.165) is 6.07 Å². The zero-order chi connectivity index (χ0) is 21.1. The van der Waals surface area contributed by atoms with Crippen LogP contribution in [0.1, 0.15) is 15.9 Å². The number of nitro groups is 1. The molecule has 0 aromatic heterocycles. The van der Waals surface area contributed by atoms with Gasteiger partial charge in [-0.15, -0.1) is 0 Å². The van der Waals surface area contributed by atoms with Crippen molar-refractivity contribution >= 4 is 40.5 Å². The van der Waals surface area contributed by atoms with Gasteiger partial charge < -0.3 is 15.8 Å². The highest BCUT2D eigenvalue weighted by molar-refractivity contribution is 6.31. The minimum atomic E-state index is -4.79. The molecule has 1 amide bonds. The van der Waals surface area contributed by atoms with Gasteiger partial charge in [-0.2, -0.15) is 13.2 Å². The molecule has 0 saturated carbocycles.